The van der Waals surface area contributed by atoms with Crippen molar-refractivity contribution in [2.75, 3.05) is 11.1 Å². The first-order valence-electron chi connectivity index (χ1n) is 4.46. The van der Waals surface area contributed by atoms with E-state index in [-0.39, 0.29) is 5.82 Å². The molecule has 6 heteroatoms. The summed E-state index contributed by atoms with van der Waals surface area (Å²) >= 11 is 2.03. The van der Waals surface area contributed by atoms with Crippen LogP contribution in [0.5, 0.6) is 0 Å². The minimum absolute atomic E-state index is 0.275. The average Bonchev–Trinajstić information content (AvgIpc) is 2.22. The van der Waals surface area contributed by atoms with Gasteiger partial charge in [0.15, 0.2) is 0 Å². The molecule has 0 spiro atoms. The van der Waals surface area contributed by atoms with Crippen molar-refractivity contribution in [3.63, 3.8) is 0 Å². The zero-order chi connectivity index (χ0) is 11.5. The number of benzene rings is 1. The largest absolute Gasteiger partial charge is 0.384 e. The summed E-state index contributed by atoms with van der Waals surface area (Å²) in [5.74, 6) is 0.502. The predicted octanol–water partition coefficient (Wildman–Crippen LogP) is 2.55. The Hall–Kier alpha value is -1.44. The lowest BCUT2D eigenvalue weighted by Crippen LogP contribution is -2.00. The molecule has 0 aliphatic rings. The highest BCUT2D eigenvalue weighted by Crippen LogP contribution is 2.21. The zero-order valence-electron chi connectivity index (χ0n) is 8.11. The zero-order valence-corrected chi connectivity index (χ0v) is 10.3. The smallest absolute Gasteiger partial charge is 0.229 e. The third kappa shape index (κ3) is 2.57. The second-order valence-corrected chi connectivity index (χ2v) is 4.22. The molecule has 82 valence electrons. The Morgan fingerprint density at radius 2 is 2.12 bits per heavy atom. The van der Waals surface area contributed by atoms with Gasteiger partial charge in [-0.15, -0.1) is 0 Å². The average molecular weight is 330 g/mol. The van der Waals surface area contributed by atoms with Gasteiger partial charge in [-0.25, -0.2) is 9.37 Å². The van der Waals surface area contributed by atoms with Crippen LogP contribution >= 0.6 is 22.6 Å². The van der Waals surface area contributed by atoms with Crippen molar-refractivity contribution in [1.82, 2.24) is 9.97 Å². The van der Waals surface area contributed by atoms with Gasteiger partial charge < -0.3 is 11.1 Å². The first-order valence-corrected chi connectivity index (χ1v) is 5.53. The number of hydrogen-bond acceptors (Lipinski definition) is 4. The van der Waals surface area contributed by atoms with Gasteiger partial charge in [0, 0.05) is 9.77 Å². The van der Waals surface area contributed by atoms with Gasteiger partial charge in [-0.05, 0) is 46.9 Å². The number of nitrogen functional groups attached to an aromatic ring is 1. The van der Waals surface area contributed by atoms with Crippen LogP contribution in [0.4, 0.5) is 21.8 Å². The van der Waals surface area contributed by atoms with Crippen LogP contribution in [-0.2, 0) is 0 Å². The summed E-state index contributed by atoms with van der Waals surface area (Å²) in [4.78, 5) is 7.99. The Balaban J connectivity index is 2.27. The molecule has 1 aromatic carbocycles. The van der Waals surface area contributed by atoms with E-state index < -0.39 is 0 Å². The highest BCUT2D eigenvalue weighted by molar-refractivity contribution is 14.1. The Bertz CT molecular complexity index is 518. The quantitative estimate of drug-likeness (QED) is 0.831. The second-order valence-electron chi connectivity index (χ2n) is 3.05. The number of nitrogens with one attached hydrogen (secondary N) is 1. The molecule has 0 amide bonds. The highest BCUT2D eigenvalue weighted by atomic mass is 127. The fraction of sp³-hybridized carbons (Fsp3) is 0. The summed E-state index contributed by atoms with van der Waals surface area (Å²) in [7, 11) is 0. The van der Waals surface area contributed by atoms with Crippen LogP contribution in [0, 0.1) is 9.39 Å². The van der Waals surface area contributed by atoms with E-state index in [1.54, 1.807) is 18.3 Å². The molecule has 1 heterocycles. The van der Waals surface area contributed by atoms with Gasteiger partial charge in [0.2, 0.25) is 5.95 Å². The van der Waals surface area contributed by atoms with E-state index in [0.29, 0.717) is 11.8 Å². The maximum absolute atomic E-state index is 12.9. The van der Waals surface area contributed by atoms with E-state index in [1.165, 1.54) is 12.1 Å². The molecule has 16 heavy (non-hydrogen) atoms. The van der Waals surface area contributed by atoms with Crippen LogP contribution in [0.15, 0.2) is 30.5 Å². The van der Waals surface area contributed by atoms with Gasteiger partial charge >= 0.3 is 0 Å². The third-order valence-electron chi connectivity index (χ3n) is 1.85. The first kappa shape index (κ1) is 11.1. The number of halogens is 2. The predicted molar refractivity (Wildman–Crippen MR) is 68.8 cm³/mol. The number of aromatic nitrogens is 2. The monoisotopic (exact) mass is 330 g/mol. The molecule has 4 nitrogen and oxygen atoms in total. The molecule has 2 aromatic rings. The molecule has 0 atom stereocenters. The standard InChI is InChI=1S/C10H8FIN4/c11-6-1-2-8(7(12)5-6)15-10-14-4-3-9(13)16-10/h1-5H,(H3,13,14,15,16). The Kier molecular flexibility index (Phi) is 3.18. The minimum atomic E-state index is -0.275. The van der Waals surface area contributed by atoms with Crippen molar-refractivity contribution >= 4 is 40.0 Å². The van der Waals surface area contributed by atoms with Gasteiger partial charge in [-0.1, -0.05) is 0 Å². The maximum atomic E-state index is 12.9. The van der Waals surface area contributed by atoms with Crippen molar-refractivity contribution in [2.24, 2.45) is 0 Å². The third-order valence-corrected chi connectivity index (χ3v) is 2.75. The Labute approximate surface area is 105 Å². The van der Waals surface area contributed by atoms with E-state index in [0.717, 1.165) is 9.26 Å². The second kappa shape index (κ2) is 4.60. The summed E-state index contributed by atoms with van der Waals surface area (Å²) in [6, 6.07) is 6.02. The molecule has 0 saturated heterocycles. The molecular weight excluding hydrogens is 322 g/mol. The summed E-state index contributed by atoms with van der Waals surface area (Å²) < 4.78 is 13.6. The number of anilines is 3. The van der Waals surface area contributed by atoms with E-state index in [1.807, 2.05) is 22.6 Å². The lowest BCUT2D eigenvalue weighted by Gasteiger charge is -2.06. The fourth-order valence-corrected chi connectivity index (χ4v) is 1.76. The van der Waals surface area contributed by atoms with Crippen molar-refractivity contribution in [3.05, 3.63) is 39.8 Å². The molecule has 1 aromatic heterocycles. The lowest BCUT2D eigenvalue weighted by molar-refractivity contribution is 0.627. The lowest BCUT2D eigenvalue weighted by atomic mass is 10.3. The van der Waals surface area contributed by atoms with Crippen LogP contribution < -0.4 is 11.1 Å². The molecule has 0 aliphatic heterocycles. The summed E-state index contributed by atoms with van der Waals surface area (Å²) in [6.07, 6.45) is 1.56. The van der Waals surface area contributed by atoms with Gasteiger partial charge in [-0.3, -0.25) is 0 Å². The van der Waals surface area contributed by atoms with Gasteiger partial charge in [0.1, 0.15) is 11.6 Å². The summed E-state index contributed by atoms with van der Waals surface area (Å²) in [5.41, 5.74) is 6.26. The van der Waals surface area contributed by atoms with E-state index in [9.17, 15) is 4.39 Å². The van der Waals surface area contributed by atoms with Crippen molar-refractivity contribution in [1.29, 1.82) is 0 Å². The van der Waals surface area contributed by atoms with Crippen LogP contribution in [0.25, 0.3) is 0 Å². The van der Waals surface area contributed by atoms with Crippen LogP contribution in [0.3, 0.4) is 0 Å². The van der Waals surface area contributed by atoms with Crippen LogP contribution in [0.1, 0.15) is 0 Å². The molecule has 0 fully saturated rings. The van der Waals surface area contributed by atoms with Gasteiger partial charge in [-0.2, -0.15) is 4.98 Å². The normalized spacial score (nSPS) is 10.1. The van der Waals surface area contributed by atoms with Crippen LogP contribution in [0.2, 0.25) is 0 Å². The molecule has 0 unspecified atom stereocenters. The SMILES string of the molecule is Nc1ccnc(Nc2ccc(F)cc2I)n1. The molecular formula is C10H8FIN4. The molecule has 3 N–H and O–H groups in total. The molecule has 0 saturated carbocycles. The van der Waals surface area contributed by atoms with Crippen molar-refractivity contribution in [3.8, 4) is 0 Å². The summed E-state index contributed by atoms with van der Waals surface area (Å²) in [5, 5.41) is 2.96. The van der Waals surface area contributed by atoms with Gasteiger partial charge in [0.25, 0.3) is 0 Å². The van der Waals surface area contributed by atoms with Crippen LogP contribution in [-0.4, -0.2) is 9.97 Å². The molecule has 0 aliphatic carbocycles. The van der Waals surface area contributed by atoms with Crippen molar-refractivity contribution < 1.29 is 4.39 Å². The number of rotatable bonds is 2. The van der Waals surface area contributed by atoms with E-state index >= 15 is 0 Å². The first-order chi connectivity index (χ1) is 7.65. The number of nitrogens with two attached hydrogens (primary N) is 1. The molecule has 2 rings (SSSR count). The summed E-state index contributed by atoms with van der Waals surface area (Å²) in [6.45, 7) is 0. The number of nitrogens with zero attached hydrogens (tertiary/aromatic N) is 2. The van der Waals surface area contributed by atoms with Crippen molar-refractivity contribution in [2.45, 2.75) is 0 Å². The maximum Gasteiger partial charge on any atom is 0.229 e. The molecule has 0 bridgehead atoms. The van der Waals surface area contributed by atoms with E-state index in [2.05, 4.69) is 15.3 Å². The number of hydrogen-bond donors (Lipinski definition) is 2. The Morgan fingerprint density at radius 1 is 1.31 bits per heavy atom. The van der Waals surface area contributed by atoms with Gasteiger partial charge in [0.05, 0.1) is 5.69 Å². The highest BCUT2D eigenvalue weighted by Gasteiger charge is 2.03. The Morgan fingerprint density at radius 3 is 2.81 bits per heavy atom. The topological polar surface area (TPSA) is 63.8 Å². The minimum Gasteiger partial charge on any atom is -0.384 e. The fourth-order valence-electron chi connectivity index (χ4n) is 1.14. The van der Waals surface area contributed by atoms with E-state index in [4.69, 9.17) is 5.73 Å². The molecule has 0 radical (unpaired) electrons.